The highest BCUT2D eigenvalue weighted by Crippen LogP contribution is 2.23. The highest BCUT2D eigenvalue weighted by molar-refractivity contribution is 7.71. The molecule has 4 aromatic rings. The molecule has 0 bridgehead atoms. The number of hydrogen-bond donors (Lipinski definition) is 1. The highest BCUT2D eigenvalue weighted by Gasteiger charge is 2.12. The van der Waals surface area contributed by atoms with Crippen molar-refractivity contribution in [2.45, 2.75) is 20.3 Å². The zero-order valence-corrected chi connectivity index (χ0v) is 17.4. The standard InChI is InChI=1S/C22H20N6OS/c1-3-16-9-11-17(12-10-16)20-18(14-27(26-20)19-7-5-4-6-8-19)13-23-28-21(29)15(2)24-25-22(28)30/h4-14H,3H2,1-2H3,(H,25,30)/b23-13-. The number of rotatable bonds is 5. The van der Waals surface area contributed by atoms with E-state index in [2.05, 4.69) is 34.4 Å². The van der Waals surface area contributed by atoms with Crippen molar-refractivity contribution in [3.8, 4) is 16.9 Å². The molecule has 150 valence electrons. The fraction of sp³-hybridized carbons (Fsp3) is 0.136. The molecule has 0 saturated carbocycles. The van der Waals surface area contributed by atoms with E-state index in [-0.39, 0.29) is 16.0 Å². The molecule has 0 amide bonds. The number of nitrogens with zero attached hydrogens (tertiary/aromatic N) is 5. The van der Waals surface area contributed by atoms with Gasteiger partial charge in [0, 0.05) is 17.3 Å². The molecule has 0 spiro atoms. The topological polar surface area (TPSA) is 80.9 Å². The minimum atomic E-state index is -0.362. The second-order valence-corrected chi connectivity index (χ2v) is 7.13. The van der Waals surface area contributed by atoms with E-state index in [1.165, 1.54) is 5.56 Å². The molecule has 1 N–H and O–H groups in total. The van der Waals surface area contributed by atoms with Gasteiger partial charge in [0.05, 0.1) is 11.9 Å². The molecule has 4 rings (SSSR count). The van der Waals surface area contributed by atoms with Crippen molar-refractivity contribution in [2.75, 3.05) is 0 Å². The van der Waals surface area contributed by atoms with Gasteiger partial charge in [-0.3, -0.25) is 9.89 Å². The summed E-state index contributed by atoms with van der Waals surface area (Å²) < 4.78 is 3.05. The van der Waals surface area contributed by atoms with Gasteiger partial charge in [0.1, 0.15) is 11.4 Å². The van der Waals surface area contributed by atoms with Crippen LogP contribution in [0.15, 0.2) is 70.7 Å². The van der Waals surface area contributed by atoms with Crippen LogP contribution in [0.5, 0.6) is 0 Å². The number of H-pyrrole nitrogens is 1. The molecule has 2 aromatic heterocycles. The molecule has 0 unspecified atom stereocenters. The minimum Gasteiger partial charge on any atom is -0.265 e. The molecule has 0 fully saturated rings. The molecule has 2 heterocycles. The number of aryl methyl sites for hydroxylation is 2. The Balaban J connectivity index is 1.83. The highest BCUT2D eigenvalue weighted by atomic mass is 32.1. The van der Waals surface area contributed by atoms with Crippen molar-refractivity contribution in [1.82, 2.24) is 24.7 Å². The number of benzene rings is 2. The lowest BCUT2D eigenvalue weighted by Crippen LogP contribution is -2.22. The van der Waals surface area contributed by atoms with Crippen LogP contribution < -0.4 is 5.56 Å². The summed E-state index contributed by atoms with van der Waals surface area (Å²) in [6, 6.07) is 18.1. The summed E-state index contributed by atoms with van der Waals surface area (Å²) >= 11 is 5.16. The first-order chi connectivity index (χ1) is 14.6. The summed E-state index contributed by atoms with van der Waals surface area (Å²) in [5.41, 5.74) is 4.60. The van der Waals surface area contributed by atoms with Gasteiger partial charge in [-0.25, -0.2) is 4.68 Å². The molecular weight excluding hydrogens is 396 g/mol. The van der Waals surface area contributed by atoms with Gasteiger partial charge in [0.15, 0.2) is 0 Å². The van der Waals surface area contributed by atoms with Gasteiger partial charge in [0.25, 0.3) is 5.56 Å². The Morgan fingerprint density at radius 1 is 1.13 bits per heavy atom. The van der Waals surface area contributed by atoms with E-state index in [0.29, 0.717) is 0 Å². The molecule has 0 saturated heterocycles. The summed E-state index contributed by atoms with van der Waals surface area (Å²) in [5, 5.41) is 15.6. The summed E-state index contributed by atoms with van der Waals surface area (Å²) in [6.07, 6.45) is 4.45. The van der Waals surface area contributed by atoms with E-state index in [4.69, 9.17) is 17.3 Å². The number of nitrogens with one attached hydrogen (secondary N) is 1. The summed E-state index contributed by atoms with van der Waals surface area (Å²) in [4.78, 5) is 12.3. The first-order valence-corrected chi connectivity index (χ1v) is 9.94. The normalized spacial score (nSPS) is 11.3. The van der Waals surface area contributed by atoms with E-state index in [1.807, 2.05) is 48.7 Å². The number of para-hydroxylation sites is 1. The van der Waals surface area contributed by atoms with Crippen LogP contribution in [0.1, 0.15) is 23.7 Å². The number of aromatic nitrogens is 5. The predicted molar refractivity (Wildman–Crippen MR) is 120 cm³/mol. The van der Waals surface area contributed by atoms with Crippen LogP contribution in [0.3, 0.4) is 0 Å². The van der Waals surface area contributed by atoms with Crippen molar-refractivity contribution in [1.29, 1.82) is 0 Å². The maximum Gasteiger partial charge on any atom is 0.296 e. The van der Waals surface area contributed by atoms with Crippen molar-refractivity contribution < 1.29 is 0 Å². The van der Waals surface area contributed by atoms with Gasteiger partial charge in [-0.15, -0.1) is 0 Å². The number of aromatic amines is 1. The van der Waals surface area contributed by atoms with Crippen LogP contribution in [0, 0.1) is 11.7 Å². The molecule has 0 radical (unpaired) electrons. The van der Waals surface area contributed by atoms with E-state index >= 15 is 0 Å². The smallest absolute Gasteiger partial charge is 0.265 e. The molecule has 30 heavy (non-hydrogen) atoms. The van der Waals surface area contributed by atoms with Crippen LogP contribution >= 0.6 is 12.2 Å². The third-order valence-electron chi connectivity index (χ3n) is 4.72. The number of hydrogen-bond acceptors (Lipinski definition) is 5. The fourth-order valence-electron chi connectivity index (χ4n) is 3.01. The maximum absolute atomic E-state index is 12.3. The Hall–Kier alpha value is -3.65. The largest absolute Gasteiger partial charge is 0.296 e. The Bertz CT molecular complexity index is 1320. The van der Waals surface area contributed by atoms with Gasteiger partial charge >= 0.3 is 0 Å². The Kier molecular flexibility index (Phi) is 5.49. The van der Waals surface area contributed by atoms with E-state index in [0.717, 1.165) is 33.6 Å². The third-order valence-corrected chi connectivity index (χ3v) is 4.99. The van der Waals surface area contributed by atoms with E-state index in [1.54, 1.807) is 17.8 Å². The van der Waals surface area contributed by atoms with Crippen LogP contribution in [-0.4, -0.2) is 30.9 Å². The Morgan fingerprint density at radius 2 is 1.87 bits per heavy atom. The molecule has 0 aliphatic carbocycles. The van der Waals surface area contributed by atoms with Gasteiger partial charge in [-0.05, 0) is 43.3 Å². The zero-order chi connectivity index (χ0) is 21.1. The van der Waals surface area contributed by atoms with Crippen molar-refractivity contribution in [3.05, 3.63) is 92.7 Å². The quantitative estimate of drug-likeness (QED) is 0.395. The molecule has 7 nitrogen and oxygen atoms in total. The van der Waals surface area contributed by atoms with Gasteiger partial charge in [0.2, 0.25) is 4.77 Å². The second kappa shape index (κ2) is 8.38. The second-order valence-electron chi connectivity index (χ2n) is 6.74. The summed E-state index contributed by atoms with van der Waals surface area (Å²) in [5.74, 6) is 0. The van der Waals surface area contributed by atoms with E-state index < -0.39 is 0 Å². The fourth-order valence-corrected chi connectivity index (χ4v) is 3.19. The average molecular weight is 417 g/mol. The lowest BCUT2D eigenvalue weighted by molar-refractivity contribution is 0.720. The lowest BCUT2D eigenvalue weighted by atomic mass is 10.1. The van der Waals surface area contributed by atoms with Crippen LogP contribution in [0.2, 0.25) is 0 Å². The monoisotopic (exact) mass is 416 g/mol. The van der Waals surface area contributed by atoms with Crippen LogP contribution in [-0.2, 0) is 6.42 Å². The SMILES string of the molecule is CCc1ccc(-c2nn(-c3ccccc3)cc2/C=N\n2c(=S)[nH]nc(C)c2=O)cc1. The average Bonchev–Trinajstić information content (AvgIpc) is 3.21. The van der Waals surface area contributed by atoms with Gasteiger partial charge < -0.3 is 0 Å². The van der Waals surface area contributed by atoms with E-state index in [9.17, 15) is 4.79 Å². The predicted octanol–water partition coefficient (Wildman–Crippen LogP) is 3.91. The molecule has 2 aromatic carbocycles. The molecular formula is C22H20N6OS. The lowest BCUT2D eigenvalue weighted by Gasteiger charge is -2.02. The van der Waals surface area contributed by atoms with Crippen molar-refractivity contribution in [2.24, 2.45) is 5.10 Å². The van der Waals surface area contributed by atoms with Crippen LogP contribution in [0.4, 0.5) is 0 Å². The first kappa shape index (κ1) is 19.7. The van der Waals surface area contributed by atoms with Gasteiger partial charge in [-0.1, -0.05) is 49.4 Å². The summed E-state index contributed by atoms with van der Waals surface area (Å²) in [7, 11) is 0. The minimum absolute atomic E-state index is 0.131. The Morgan fingerprint density at radius 3 is 2.57 bits per heavy atom. The van der Waals surface area contributed by atoms with Crippen LogP contribution in [0.25, 0.3) is 16.9 Å². The molecule has 0 aliphatic heterocycles. The molecule has 0 atom stereocenters. The van der Waals surface area contributed by atoms with Crippen molar-refractivity contribution >= 4 is 18.4 Å². The summed E-state index contributed by atoms with van der Waals surface area (Å²) in [6.45, 7) is 3.73. The molecule has 0 aliphatic rings. The van der Waals surface area contributed by atoms with Gasteiger partial charge in [-0.2, -0.15) is 20.0 Å². The first-order valence-electron chi connectivity index (χ1n) is 9.54. The maximum atomic E-state index is 12.3. The third kappa shape index (κ3) is 3.90. The van der Waals surface area contributed by atoms with Crippen molar-refractivity contribution in [3.63, 3.8) is 0 Å². The Labute approximate surface area is 178 Å². The zero-order valence-electron chi connectivity index (χ0n) is 16.6. The molecule has 8 heteroatoms.